The van der Waals surface area contributed by atoms with Crippen LogP contribution in [0.15, 0.2) is 64.5 Å². The molecule has 6 heteroatoms. The molecule has 1 aliphatic carbocycles. The van der Waals surface area contributed by atoms with E-state index in [1.54, 1.807) is 28.0 Å². The van der Waals surface area contributed by atoms with Crippen LogP contribution in [0.5, 0.6) is 0 Å². The van der Waals surface area contributed by atoms with Crippen molar-refractivity contribution in [2.75, 3.05) is 0 Å². The number of rotatable bonds is 4. The molecule has 0 saturated heterocycles. The molecule has 1 atom stereocenters. The fraction of sp³-hybridized carbons (Fsp3) is 0.333. The van der Waals surface area contributed by atoms with Crippen LogP contribution in [0, 0.1) is 17.2 Å². The van der Waals surface area contributed by atoms with Crippen molar-refractivity contribution < 1.29 is 4.39 Å². The fourth-order valence-electron chi connectivity index (χ4n) is 4.58. The maximum atomic E-state index is 13.9. The predicted octanol–water partition coefficient (Wildman–Crippen LogP) is 7.03. The molecule has 0 saturated carbocycles. The molecular formula is C27H27FN2OS2. The van der Waals surface area contributed by atoms with Crippen LogP contribution in [0.1, 0.15) is 43.2 Å². The summed E-state index contributed by atoms with van der Waals surface area (Å²) in [6, 6.07) is 16.2. The first-order valence-corrected chi connectivity index (χ1v) is 13.1. The van der Waals surface area contributed by atoms with Crippen molar-refractivity contribution in [3.05, 3.63) is 86.8 Å². The molecule has 0 amide bonds. The summed E-state index contributed by atoms with van der Waals surface area (Å²) in [4.78, 5) is 21.1. The second kappa shape index (κ2) is 8.73. The zero-order valence-corrected chi connectivity index (χ0v) is 20.7. The second-order valence-corrected chi connectivity index (χ2v) is 11.8. The first kappa shape index (κ1) is 22.4. The molecule has 5 rings (SSSR count). The van der Waals surface area contributed by atoms with Gasteiger partial charge in [-0.25, -0.2) is 9.37 Å². The lowest BCUT2D eigenvalue weighted by Crippen LogP contribution is -2.27. The van der Waals surface area contributed by atoms with E-state index < -0.39 is 0 Å². The molecule has 4 aromatic rings. The standard InChI is InChI=1S/C27H27FN2OS2/c1-27(2,3)18-11-14-21-22(15-18)33-24-23(21)25(31)30(20-7-5-4-6-8-20)26(29-24)32-16-17-9-12-19(28)13-10-17/h4-10,12-13,18H,11,14-16H2,1-3H3/t18-/m1/s1. The monoisotopic (exact) mass is 478 g/mol. The molecule has 0 unspecified atom stereocenters. The minimum atomic E-state index is -0.248. The van der Waals surface area contributed by atoms with Crippen LogP contribution in [0.25, 0.3) is 15.9 Å². The normalized spacial score (nSPS) is 16.2. The van der Waals surface area contributed by atoms with Gasteiger partial charge in [0.15, 0.2) is 5.16 Å². The summed E-state index contributed by atoms with van der Waals surface area (Å²) < 4.78 is 15.1. The van der Waals surface area contributed by atoms with Gasteiger partial charge in [-0.15, -0.1) is 11.3 Å². The van der Waals surface area contributed by atoms with Crippen molar-refractivity contribution in [2.24, 2.45) is 11.3 Å². The van der Waals surface area contributed by atoms with Gasteiger partial charge in [0.2, 0.25) is 0 Å². The molecular weight excluding hydrogens is 451 g/mol. The molecule has 0 bridgehead atoms. The van der Waals surface area contributed by atoms with Crippen molar-refractivity contribution in [3.63, 3.8) is 0 Å². The number of fused-ring (bicyclic) bond motifs is 3. The summed E-state index contributed by atoms with van der Waals surface area (Å²) in [5.74, 6) is 0.978. The molecule has 2 aromatic carbocycles. The van der Waals surface area contributed by atoms with E-state index in [-0.39, 0.29) is 16.8 Å². The highest BCUT2D eigenvalue weighted by atomic mass is 32.2. The summed E-state index contributed by atoms with van der Waals surface area (Å²) in [5, 5.41) is 1.46. The Morgan fingerprint density at radius 2 is 1.85 bits per heavy atom. The van der Waals surface area contributed by atoms with Gasteiger partial charge in [0.25, 0.3) is 5.56 Å². The van der Waals surface area contributed by atoms with Gasteiger partial charge in [-0.1, -0.05) is 62.9 Å². The first-order chi connectivity index (χ1) is 15.8. The number of benzene rings is 2. The topological polar surface area (TPSA) is 34.9 Å². The van der Waals surface area contributed by atoms with E-state index in [1.807, 2.05) is 30.3 Å². The zero-order chi connectivity index (χ0) is 23.2. The Morgan fingerprint density at radius 3 is 2.55 bits per heavy atom. The first-order valence-electron chi connectivity index (χ1n) is 11.3. The lowest BCUT2D eigenvalue weighted by Gasteiger charge is -2.33. The molecule has 0 spiro atoms. The van der Waals surface area contributed by atoms with E-state index in [0.29, 0.717) is 16.8 Å². The van der Waals surface area contributed by atoms with Crippen LogP contribution in [0.4, 0.5) is 4.39 Å². The highest BCUT2D eigenvalue weighted by Gasteiger charge is 2.32. The van der Waals surface area contributed by atoms with Crippen molar-refractivity contribution in [2.45, 2.75) is 50.9 Å². The molecule has 170 valence electrons. The third kappa shape index (κ3) is 4.38. The van der Waals surface area contributed by atoms with Crippen LogP contribution < -0.4 is 5.56 Å². The molecule has 0 N–H and O–H groups in total. The Hall–Kier alpha value is -2.44. The summed E-state index contributed by atoms with van der Waals surface area (Å²) in [5.41, 5.74) is 3.28. The van der Waals surface area contributed by atoms with Crippen molar-refractivity contribution in [1.29, 1.82) is 0 Å². The van der Waals surface area contributed by atoms with Crippen molar-refractivity contribution in [1.82, 2.24) is 9.55 Å². The van der Waals surface area contributed by atoms with Gasteiger partial charge >= 0.3 is 0 Å². The van der Waals surface area contributed by atoms with Gasteiger partial charge < -0.3 is 0 Å². The largest absolute Gasteiger partial charge is 0.268 e. The second-order valence-electron chi connectivity index (χ2n) is 9.78. The number of halogens is 1. The quantitative estimate of drug-likeness (QED) is 0.233. The van der Waals surface area contributed by atoms with Crippen molar-refractivity contribution in [3.8, 4) is 5.69 Å². The van der Waals surface area contributed by atoms with Gasteiger partial charge in [0.1, 0.15) is 10.6 Å². The summed E-state index contributed by atoms with van der Waals surface area (Å²) in [7, 11) is 0. The Bertz CT molecular complexity index is 1350. The van der Waals surface area contributed by atoms with Crippen LogP contribution in [-0.4, -0.2) is 9.55 Å². The van der Waals surface area contributed by atoms with Crippen LogP contribution in [0.2, 0.25) is 0 Å². The maximum Gasteiger partial charge on any atom is 0.267 e. The van der Waals surface area contributed by atoms with Gasteiger partial charge in [0.05, 0.1) is 11.1 Å². The molecule has 0 aliphatic heterocycles. The predicted molar refractivity (Wildman–Crippen MR) is 136 cm³/mol. The van der Waals surface area contributed by atoms with E-state index in [4.69, 9.17) is 4.98 Å². The third-order valence-electron chi connectivity index (χ3n) is 6.57. The minimum Gasteiger partial charge on any atom is -0.268 e. The molecule has 2 aromatic heterocycles. The lowest BCUT2D eigenvalue weighted by molar-refractivity contribution is 0.218. The Balaban J connectivity index is 1.61. The van der Waals surface area contributed by atoms with Crippen LogP contribution in [0.3, 0.4) is 0 Å². The lowest BCUT2D eigenvalue weighted by atomic mass is 9.72. The highest BCUT2D eigenvalue weighted by Crippen LogP contribution is 2.42. The number of thioether (sulfide) groups is 1. The Labute approximate surface area is 201 Å². The number of hydrogen-bond acceptors (Lipinski definition) is 4. The minimum absolute atomic E-state index is 0.0134. The van der Waals surface area contributed by atoms with Gasteiger partial charge in [-0.05, 0) is 66.0 Å². The number of para-hydroxylation sites is 1. The zero-order valence-electron chi connectivity index (χ0n) is 19.1. The number of thiophene rings is 1. The number of nitrogens with zero attached hydrogens (tertiary/aromatic N) is 2. The Morgan fingerprint density at radius 1 is 1.12 bits per heavy atom. The fourth-order valence-corrected chi connectivity index (χ4v) is 6.88. The van der Waals surface area contributed by atoms with E-state index in [1.165, 1.54) is 34.3 Å². The van der Waals surface area contributed by atoms with Crippen LogP contribution >= 0.6 is 23.1 Å². The SMILES string of the molecule is CC(C)(C)[C@@H]1CCc2c(sc3nc(SCc4ccc(F)cc4)n(-c4ccccc4)c(=O)c23)C1. The van der Waals surface area contributed by atoms with E-state index >= 15 is 0 Å². The smallest absolute Gasteiger partial charge is 0.267 e. The number of aryl methyl sites for hydroxylation is 1. The summed E-state index contributed by atoms with van der Waals surface area (Å²) in [6.07, 6.45) is 3.06. The molecule has 3 nitrogen and oxygen atoms in total. The molecule has 0 radical (unpaired) electrons. The average molecular weight is 479 g/mol. The van der Waals surface area contributed by atoms with Crippen LogP contribution in [-0.2, 0) is 18.6 Å². The summed E-state index contributed by atoms with van der Waals surface area (Å²) in [6.45, 7) is 6.92. The van der Waals surface area contributed by atoms with E-state index in [0.717, 1.165) is 40.7 Å². The molecule has 33 heavy (non-hydrogen) atoms. The number of aromatic nitrogens is 2. The van der Waals surface area contributed by atoms with Gasteiger partial charge in [-0.2, -0.15) is 0 Å². The number of hydrogen-bond donors (Lipinski definition) is 0. The molecule has 0 fully saturated rings. The molecule has 1 aliphatic rings. The third-order valence-corrected chi connectivity index (χ3v) is 8.73. The Kier molecular flexibility index (Phi) is 5.91. The highest BCUT2D eigenvalue weighted by molar-refractivity contribution is 7.98. The van der Waals surface area contributed by atoms with Crippen molar-refractivity contribution >= 4 is 33.3 Å². The van der Waals surface area contributed by atoms with Gasteiger partial charge in [0, 0.05) is 10.6 Å². The average Bonchev–Trinajstić information content (AvgIpc) is 3.16. The van der Waals surface area contributed by atoms with E-state index in [2.05, 4.69) is 20.8 Å². The summed E-state index contributed by atoms with van der Waals surface area (Å²) >= 11 is 3.20. The van der Waals surface area contributed by atoms with Gasteiger partial charge in [-0.3, -0.25) is 9.36 Å². The molecule has 2 heterocycles. The maximum absolute atomic E-state index is 13.9. The van der Waals surface area contributed by atoms with E-state index in [9.17, 15) is 9.18 Å².